The Balaban J connectivity index is 1.70. The van der Waals surface area contributed by atoms with Crippen LogP contribution in [-0.2, 0) is 6.54 Å². The van der Waals surface area contributed by atoms with Gasteiger partial charge in [0.05, 0.1) is 5.54 Å². The van der Waals surface area contributed by atoms with E-state index in [1.165, 1.54) is 12.1 Å². The van der Waals surface area contributed by atoms with Crippen LogP contribution in [0, 0.1) is 5.82 Å². The summed E-state index contributed by atoms with van der Waals surface area (Å²) in [6.45, 7) is 3.06. The number of benzene rings is 1. The molecule has 0 unspecified atom stereocenters. The van der Waals surface area contributed by atoms with Gasteiger partial charge in [-0.1, -0.05) is 12.1 Å². The third kappa shape index (κ3) is 2.56. The van der Waals surface area contributed by atoms with E-state index in [-0.39, 0.29) is 17.4 Å². The van der Waals surface area contributed by atoms with Gasteiger partial charge in [0.15, 0.2) is 0 Å². The first-order chi connectivity index (χ1) is 9.17. The lowest BCUT2D eigenvalue weighted by atomic mass is 9.89. The van der Waals surface area contributed by atoms with Crippen molar-refractivity contribution in [2.45, 2.75) is 24.9 Å². The molecule has 19 heavy (non-hydrogen) atoms. The van der Waals surface area contributed by atoms with Crippen molar-refractivity contribution in [1.82, 2.24) is 15.5 Å². The molecule has 2 N–H and O–H groups in total. The molecule has 5 heteroatoms. The number of hydrogen-bond donors (Lipinski definition) is 2. The van der Waals surface area contributed by atoms with E-state index < -0.39 is 0 Å². The standard InChI is InChI=1S/C14H18FN3O/c15-12-3-1-2-11(8-12)9-18-10-14(17-13(18)19)4-6-16-7-5-14/h1-3,8,16H,4-7,9-10H2,(H,17,19). The smallest absolute Gasteiger partial charge is 0.318 e. The molecule has 1 aromatic rings. The number of nitrogens with one attached hydrogen (secondary N) is 2. The number of urea groups is 1. The van der Waals surface area contributed by atoms with Crippen LogP contribution < -0.4 is 10.6 Å². The van der Waals surface area contributed by atoms with Crippen molar-refractivity contribution in [3.63, 3.8) is 0 Å². The second kappa shape index (κ2) is 4.81. The zero-order valence-corrected chi connectivity index (χ0v) is 10.8. The largest absolute Gasteiger partial charge is 0.331 e. The van der Waals surface area contributed by atoms with Gasteiger partial charge in [-0.15, -0.1) is 0 Å². The summed E-state index contributed by atoms with van der Waals surface area (Å²) in [6.07, 6.45) is 1.91. The number of halogens is 1. The second-order valence-electron chi connectivity index (χ2n) is 5.45. The molecule has 0 aliphatic carbocycles. The minimum absolute atomic E-state index is 0.0360. The Kier molecular flexibility index (Phi) is 3.14. The number of carbonyl (C=O) groups is 1. The van der Waals surface area contributed by atoms with E-state index in [2.05, 4.69) is 10.6 Å². The Morgan fingerprint density at radius 1 is 1.32 bits per heavy atom. The highest BCUT2D eigenvalue weighted by Gasteiger charge is 2.42. The van der Waals surface area contributed by atoms with Gasteiger partial charge in [0.2, 0.25) is 0 Å². The zero-order chi connectivity index (χ0) is 13.3. The Bertz CT molecular complexity index is 485. The fraction of sp³-hybridized carbons (Fsp3) is 0.500. The minimum Gasteiger partial charge on any atom is -0.331 e. The summed E-state index contributed by atoms with van der Waals surface area (Å²) in [5.41, 5.74) is 0.747. The number of carbonyl (C=O) groups excluding carboxylic acids is 1. The molecular formula is C14H18FN3O. The van der Waals surface area contributed by atoms with Crippen molar-refractivity contribution in [3.8, 4) is 0 Å². The van der Waals surface area contributed by atoms with Gasteiger partial charge in [-0.25, -0.2) is 9.18 Å². The third-order valence-corrected chi connectivity index (χ3v) is 3.98. The molecule has 0 aromatic heterocycles. The van der Waals surface area contributed by atoms with Crippen molar-refractivity contribution < 1.29 is 9.18 Å². The van der Waals surface area contributed by atoms with Gasteiger partial charge < -0.3 is 15.5 Å². The SMILES string of the molecule is O=C1NC2(CCNCC2)CN1Cc1cccc(F)c1. The van der Waals surface area contributed by atoms with Gasteiger partial charge >= 0.3 is 6.03 Å². The molecule has 2 saturated heterocycles. The Morgan fingerprint density at radius 2 is 2.11 bits per heavy atom. The maximum Gasteiger partial charge on any atom is 0.318 e. The predicted octanol–water partition coefficient (Wildman–Crippen LogP) is 1.47. The Hall–Kier alpha value is -1.62. The van der Waals surface area contributed by atoms with E-state index in [4.69, 9.17) is 0 Å². The van der Waals surface area contributed by atoms with Crippen LogP contribution in [0.15, 0.2) is 24.3 Å². The lowest BCUT2D eigenvalue weighted by molar-refractivity contribution is 0.215. The number of rotatable bonds is 2. The molecule has 1 spiro atoms. The van der Waals surface area contributed by atoms with Crippen LogP contribution in [0.2, 0.25) is 0 Å². The summed E-state index contributed by atoms with van der Waals surface area (Å²) in [4.78, 5) is 13.8. The molecule has 2 amide bonds. The fourth-order valence-corrected chi connectivity index (χ4v) is 2.95. The highest BCUT2D eigenvalue weighted by molar-refractivity contribution is 5.78. The Morgan fingerprint density at radius 3 is 2.84 bits per heavy atom. The molecule has 0 atom stereocenters. The topological polar surface area (TPSA) is 44.4 Å². The summed E-state index contributed by atoms with van der Waals surface area (Å²) in [5.74, 6) is -0.256. The van der Waals surface area contributed by atoms with Gasteiger partial charge in [0.25, 0.3) is 0 Å². The molecule has 4 nitrogen and oxygen atoms in total. The highest BCUT2D eigenvalue weighted by atomic mass is 19.1. The van der Waals surface area contributed by atoms with Crippen molar-refractivity contribution in [2.75, 3.05) is 19.6 Å². The molecule has 0 radical (unpaired) electrons. The second-order valence-corrected chi connectivity index (χ2v) is 5.45. The molecule has 3 rings (SSSR count). The summed E-state index contributed by atoms with van der Waals surface area (Å²) < 4.78 is 13.2. The van der Waals surface area contributed by atoms with Gasteiger partial charge in [0.1, 0.15) is 5.82 Å². The normalized spacial score (nSPS) is 21.7. The van der Waals surface area contributed by atoms with E-state index in [1.54, 1.807) is 11.0 Å². The van der Waals surface area contributed by atoms with Crippen LogP contribution in [0.5, 0.6) is 0 Å². The lowest BCUT2D eigenvalue weighted by Gasteiger charge is -2.33. The molecule has 1 aromatic carbocycles. The molecule has 0 saturated carbocycles. The molecule has 102 valence electrons. The predicted molar refractivity (Wildman–Crippen MR) is 70.2 cm³/mol. The van der Waals surface area contributed by atoms with Crippen LogP contribution in [-0.4, -0.2) is 36.1 Å². The minimum atomic E-state index is -0.256. The first-order valence-electron chi connectivity index (χ1n) is 6.69. The number of nitrogens with zero attached hydrogens (tertiary/aromatic N) is 1. The third-order valence-electron chi connectivity index (χ3n) is 3.98. The van der Waals surface area contributed by atoms with Crippen molar-refractivity contribution in [2.24, 2.45) is 0 Å². The van der Waals surface area contributed by atoms with Crippen molar-refractivity contribution in [1.29, 1.82) is 0 Å². The van der Waals surface area contributed by atoms with Gasteiger partial charge in [-0.3, -0.25) is 0 Å². The molecule has 0 bridgehead atoms. The first kappa shape index (κ1) is 12.4. The maximum atomic E-state index is 13.2. The van der Waals surface area contributed by atoms with Crippen LogP contribution in [0.25, 0.3) is 0 Å². The average molecular weight is 263 g/mol. The number of piperidine rings is 1. The van der Waals surface area contributed by atoms with Gasteiger partial charge in [-0.2, -0.15) is 0 Å². The van der Waals surface area contributed by atoms with E-state index >= 15 is 0 Å². The molecular weight excluding hydrogens is 245 g/mol. The number of hydrogen-bond acceptors (Lipinski definition) is 2. The molecule has 2 aliphatic rings. The number of amides is 2. The maximum absolute atomic E-state index is 13.2. The van der Waals surface area contributed by atoms with E-state index in [0.29, 0.717) is 13.1 Å². The quantitative estimate of drug-likeness (QED) is 0.848. The zero-order valence-electron chi connectivity index (χ0n) is 10.8. The first-order valence-corrected chi connectivity index (χ1v) is 6.69. The summed E-state index contributed by atoms with van der Waals surface area (Å²) in [5, 5.41) is 6.41. The van der Waals surface area contributed by atoms with Crippen LogP contribution in [0.4, 0.5) is 9.18 Å². The fourth-order valence-electron chi connectivity index (χ4n) is 2.95. The van der Waals surface area contributed by atoms with E-state index in [1.807, 2.05) is 6.07 Å². The molecule has 2 fully saturated rings. The summed E-state index contributed by atoms with van der Waals surface area (Å²) in [7, 11) is 0. The summed E-state index contributed by atoms with van der Waals surface area (Å²) in [6, 6.07) is 6.40. The van der Waals surface area contributed by atoms with Crippen LogP contribution in [0.3, 0.4) is 0 Å². The lowest BCUT2D eigenvalue weighted by Crippen LogP contribution is -2.51. The van der Waals surface area contributed by atoms with E-state index in [9.17, 15) is 9.18 Å². The van der Waals surface area contributed by atoms with Crippen molar-refractivity contribution >= 4 is 6.03 Å². The molecule has 2 aliphatic heterocycles. The van der Waals surface area contributed by atoms with Gasteiger partial charge in [-0.05, 0) is 43.6 Å². The van der Waals surface area contributed by atoms with Crippen LogP contribution in [0.1, 0.15) is 18.4 Å². The highest BCUT2D eigenvalue weighted by Crippen LogP contribution is 2.26. The van der Waals surface area contributed by atoms with Crippen molar-refractivity contribution in [3.05, 3.63) is 35.6 Å². The Labute approximate surface area is 112 Å². The van der Waals surface area contributed by atoms with Crippen LogP contribution >= 0.6 is 0 Å². The van der Waals surface area contributed by atoms with E-state index in [0.717, 1.165) is 31.5 Å². The molecule has 2 heterocycles. The monoisotopic (exact) mass is 263 g/mol. The summed E-state index contributed by atoms with van der Waals surface area (Å²) >= 11 is 0. The van der Waals surface area contributed by atoms with Gasteiger partial charge in [0, 0.05) is 13.1 Å². The average Bonchev–Trinajstić information content (AvgIpc) is 2.66.